The molecule has 44 heavy (non-hydrogen) atoms. The highest BCUT2D eigenvalue weighted by molar-refractivity contribution is 6.32. The number of benzene rings is 2. The van der Waals surface area contributed by atoms with Gasteiger partial charge in [0.15, 0.2) is 11.2 Å². The summed E-state index contributed by atoms with van der Waals surface area (Å²) >= 11 is 6.68. The third kappa shape index (κ3) is 6.41. The predicted molar refractivity (Wildman–Crippen MR) is 167 cm³/mol. The fourth-order valence-electron chi connectivity index (χ4n) is 5.18. The zero-order chi connectivity index (χ0) is 31.6. The highest BCUT2D eigenvalue weighted by Crippen LogP contribution is 2.30. The van der Waals surface area contributed by atoms with Crippen LogP contribution in [-0.2, 0) is 38.6 Å². The molecule has 2 aromatic carbocycles. The van der Waals surface area contributed by atoms with Crippen LogP contribution in [0.4, 0.5) is 5.95 Å². The molecular formula is C31H35ClN6O6. The Morgan fingerprint density at radius 3 is 2.43 bits per heavy atom. The largest absolute Gasteiger partial charge is 0.468 e. The molecule has 1 N–H and O–H groups in total. The van der Waals surface area contributed by atoms with Crippen molar-refractivity contribution in [1.29, 1.82) is 0 Å². The molecule has 13 heteroatoms. The summed E-state index contributed by atoms with van der Waals surface area (Å²) < 4.78 is 14.4. The van der Waals surface area contributed by atoms with E-state index in [9.17, 15) is 19.2 Å². The van der Waals surface area contributed by atoms with Crippen molar-refractivity contribution in [3.63, 3.8) is 0 Å². The number of esters is 2. The van der Waals surface area contributed by atoms with Gasteiger partial charge in [-0.25, -0.2) is 4.79 Å². The lowest BCUT2D eigenvalue weighted by molar-refractivity contribution is -0.157. The summed E-state index contributed by atoms with van der Waals surface area (Å²) in [7, 11) is 1.22. The van der Waals surface area contributed by atoms with Crippen molar-refractivity contribution in [2.75, 3.05) is 31.6 Å². The number of fused-ring (bicyclic) bond motifs is 1. The summed E-state index contributed by atoms with van der Waals surface area (Å²) in [4.78, 5) is 60.2. The van der Waals surface area contributed by atoms with Gasteiger partial charge >= 0.3 is 17.6 Å². The van der Waals surface area contributed by atoms with Crippen LogP contribution in [0.15, 0.2) is 64.2 Å². The maximum Gasteiger partial charge on any atom is 0.333 e. The van der Waals surface area contributed by atoms with Gasteiger partial charge in [-0.05, 0) is 44.9 Å². The van der Waals surface area contributed by atoms with Crippen molar-refractivity contribution in [3.8, 4) is 5.69 Å². The van der Waals surface area contributed by atoms with Gasteiger partial charge in [0.05, 0.1) is 17.8 Å². The molecule has 1 fully saturated rings. The van der Waals surface area contributed by atoms with Crippen LogP contribution in [-0.4, -0.2) is 69.0 Å². The highest BCUT2D eigenvalue weighted by atomic mass is 35.5. The van der Waals surface area contributed by atoms with E-state index >= 15 is 0 Å². The molecule has 0 radical (unpaired) electrons. The predicted octanol–water partition coefficient (Wildman–Crippen LogP) is 2.54. The summed E-state index contributed by atoms with van der Waals surface area (Å²) in [6.45, 7) is 6.02. The van der Waals surface area contributed by atoms with E-state index in [0.717, 1.165) is 14.7 Å². The monoisotopic (exact) mass is 622 g/mol. The summed E-state index contributed by atoms with van der Waals surface area (Å²) in [5, 5.41) is 3.53. The van der Waals surface area contributed by atoms with Crippen molar-refractivity contribution in [2.45, 2.75) is 51.9 Å². The summed E-state index contributed by atoms with van der Waals surface area (Å²) in [6.07, 6.45) is 0.405. The molecule has 3 heterocycles. The first-order chi connectivity index (χ1) is 21.0. The zero-order valence-corrected chi connectivity index (χ0v) is 25.8. The number of hydrogen-bond acceptors (Lipinski definition) is 9. The molecular weight excluding hydrogens is 588 g/mol. The van der Waals surface area contributed by atoms with Gasteiger partial charge in [-0.15, -0.1) is 0 Å². The molecule has 0 bridgehead atoms. The number of para-hydroxylation sites is 1. The second kappa shape index (κ2) is 12.7. The van der Waals surface area contributed by atoms with Crippen molar-refractivity contribution in [2.24, 2.45) is 0 Å². The van der Waals surface area contributed by atoms with E-state index in [1.807, 2.05) is 35.2 Å². The van der Waals surface area contributed by atoms with Crippen LogP contribution in [0.1, 0.15) is 26.3 Å². The maximum absolute atomic E-state index is 14.2. The van der Waals surface area contributed by atoms with Crippen molar-refractivity contribution < 1.29 is 19.1 Å². The number of nitrogens with zero attached hydrogens (tertiary/aromatic N) is 5. The van der Waals surface area contributed by atoms with Gasteiger partial charge in [0, 0.05) is 26.2 Å². The van der Waals surface area contributed by atoms with Gasteiger partial charge in [0.25, 0.3) is 5.56 Å². The molecule has 2 aromatic heterocycles. The first-order valence-corrected chi connectivity index (χ1v) is 14.7. The average molecular weight is 623 g/mol. The van der Waals surface area contributed by atoms with Crippen molar-refractivity contribution >= 4 is 40.7 Å². The minimum atomic E-state index is -0.689. The van der Waals surface area contributed by atoms with Crippen LogP contribution in [0.25, 0.3) is 16.9 Å². The van der Waals surface area contributed by atoms with E-state index in [1.165, 1.54) is 7.11 Å². The number of nitrogens with one attached hydrogen (secondary N) is 1. The van der Waals surface area contributed by atoms with Crippen molar-refractivity contribution in [3.05, 3.63) is 86.0 Å². The number of aromatic nitrogens is 4. The van der Waals surface area contributed by atoms with Gasteiger partial charge in [0.1, 0.15) is 18.2 Å². The fourth-order valence-corrected chi connectivity index (χ4v) is 5.40. The Kier molecular flexibility index (Phi) is 8.93. The third-order valence-corrected chi connectivity index (χ3v) is 7.55. The van der Waals surface area contributed by atoms with E-state index in [0.29, 0.717) is 36.2 Å². The Morgan fingerprint density at radius 1 is 1.05 bits per heavy atom. The lowest BCUT2D eigenvalue weighted by Gasteiger charge is -2.34. The lowest BCUT2D eigenvalue weighted by Crippen LogP contribution is -2.56. The van der Waals surface area contributed by atoms with Crippen LogP contribution in [0, 0.1) is 0 Å². The van der Waals surface area contributed by atoms with E-state index in [2.05, 4.69) is 5.32 Å². The number of aryl methyl sites for hydroxylation is 1. The number of piperazine rings is 1. The summed E-state index contributed by atoms with van der Waals surface area (Å²) in [5.74, 6) is -0.810. The number of halogens is 1. The number of carbonyl (C=O) groups excluding carboxylic acids is 2. The molecule has 4 aromatic rings. The Labute approximate surface area is 258 Å². The SMILES string of the molecule is COC(=O)Cn1c(=O)n(CCc2ccccc2)c(=O)c2c1nc(N1CCNC(C(=O)OC(C)(C)C)C1)n2-c1ccccc1Cl. The number of carbonyl (C=O) groups is 2. The second-order valence-corrected chi connectivity index (χ2v) is 11.9. The van der Waals surface area contributed by atoms with E-state index in [4.69, 9.17) is 26.1 Å². The van der Waals surface area contributed by atoms with Gasteiger partial charge in [-0.3, -0.25) is 28.1 Å². The maximum atomic E-state index is 14.2. The van der Waals surface area contributed by atoms with Gasteiger partial charge < -0.3 is 19.7 Å². The van der Waals surface area contributed by atoms with Crippen molar-refractivity contribution in [1.82, 2.24) is 24.0 Å². The standard InChI is InChI=1S/C31H35ClN6O6/c1-31(2,3)44-28(41)22-18-35(17-15-33-22)29-34-26-25(38(29)23-13-9-8-12-21(23)32)27(40)36(16-14-20-10-6-5-7-11-20)30(42)37(26)19-24(39)43-4/h5-13,22,33H,14-19H2,1-4H3. The smallest absolute Gasteiger partial charge is 0.333 e. The first-order valence-electron chi connectivity index (χ1n) is 14.3. The molecule has 0 saturated carbocycles. The Morgan fingerprint density at radius 2 is 1.75 bits per heavy atom. The number of anilines is 1. The van der Waals surface area contributed by atoms with Crippen LogP contribution >= 0.6 is 11.6 Å². The molecule has 232 valence electrons. The number of imidazole rings is 1. The number of ether oxygens (including phenoxy) is 2. The third-order valence-electron chi connectivity index (χ3n) is 7.23. The molecule has 0 amide bonds. The fraction of sp³-hybridized carbons (Fsp3) is 0.387. The minimum Gasteiger partial charge on any atom is -0.468 e. The molecule has 1 saturated heterocycles. The molecule has 1 aliphatic rings. The van der Waals surface area contributed by atoms with E-state index in [-0.39, 0.29) is 24.3 Å². The Bertz CT molecular complexity index is 1810. The van der Waals surface area contributed by atoms with E-state index < -0.39 is 41.4 Å². The van der Waals surface area contributed by atoms with Crippen LogP contribution in [0.2, 0.25) is 5.02 Å². The lowest BCUT2D eigenvalue weighted by atomic mass is 10.1. The normalized spacial score (nSPS) is 15.4. The molecule has 1 unspecified atom stereocenters. The van der Waals surface area contributed by atoms with Gasteiger partial charge in [0.2, 0.25) is 5.95 Å². The number of methoxy groups -OCH3 is 1. The molecule has 12 nitrogen and oxygen atoms in total. The first kappa shape index (κ1) is 31.0. The summed E-state index contributed by atoms with van der Waals surface area (Å²) in [6, 6.07) is 15.8. The Hall–Kier alpha value is -4.42. The second-order valence-electron chi connectivity index (χ2n) is 11.5. The Balaban J connectivity index is 1.72. The van der Waals surface area contributed by atoms with Crippen LogP contribution in [0.5, 0.6) is 0 Å². The quantitative estimate of drug-likeness (QED) is 0.295. The molecule has 0 spiro atoms. The van der Waals surface area contributed by atoms with Crippen LogP contribution in [0.3, 0.4) is 0 Å². The number of rotatable bonds is 8. The number of hydrogen-bond donors (Lipinski definition) is 1. The molecule has 0 aliphatic carbocycles. The zero-order valence-electron chi connectivity index (χ0n) is 25.1. The highest BCUT2D eigenvalue weighted by Gasteiger charge is 2.33. The van der Waals surface area contributed by atoms with Crippen LogP contribution < -0.4 is 21.5 Å². The van der Waals surface area contributed by atoms with E-state index in [1.54, 1.807) is 49.6 Å². The van der Waals surface area contributed by atoms with Gasteiger partial charge in [-0.1, -0.05) is 54.1 Å². The molecule has 1 atom stereocenters. The molecule has 5 rings (SSSR count). The minimum absolute atomic E-state index is 0.00336. The molecule has 1 aliphatic heterocycles. The summed E-state index contributed by atoms with van der Waals surface area (Å²) in [5.41, 5.74) is -0.492. The average Bonchev–Trinajstić information content (AvgIpc) is 3.39. The van der Waals surface area contributed by atoms with Gasteiger partial charge in [-0.2, -0.15) is 4.98 Å². The topological polar surface area (TPSA) is 130 Å².